The van der Waals surface area contributed by atoms with Crippen molar-refractivity contribution in [1.29, 1.82) is 0 Å². The number of anilines is 1. The molecule has 3 rings (SSSR count). The van der Waals surface area contributed by atoms with Gasteiger partial charge in [0.15, 0.2) is 0 Å². The summed E-state index contributed by atoms with van der Waals surface area (Å²) in [6, 6.07) is 12.9. The van der Waals surface area contributed by atoms with E-state index in [1.807, 2.05) is 18.2 Å². The van der Waals surface area contributed by atoms with Crippen molar-refractivity contribution in [1.82, 2.24) is 10.2 Å². The molecule has 0 radical (unpaired) electrons. The smallest absolute Gasteiger partial charge is 0.148 e. The molecular formula is C12H13N3. The van der Waals surface area contributed by atoms with Gasteiger partial charge >= 0.3 is 0 Å². The average Bonchev–Trinajstić information content (AvgIpc) is 2.96. The van der Waals surface area contributed by atoms with E-state index in [1.54, 1.807) is 0 Å². The Morgan fingerprint density at radius 3 is 2.73 bits per heavy atom. The lowest BCUT2D eigenvalue weighted by Crippen LogP contribution is -2.00. The van der Waals surface area contributed by atoms with Gasteiger partial charge in [0, 0.05) is 12.1 Å². The molecule has 3 nitrogen and oxygen atoms in total. The third-order valence-corrected chi connectivity index (χ3v) is 2.59. The molecule has 0 bridgehead atoms. The first-order valence-corrected chi connectivity index (χ1v) is 5.29. The third-order valence-electron chi connectivity index (χ3n) is 2.59. The van der Waals surface area contributed by atoms with Crippen LogP contribution in [0.4, 0.5) is 5.82 Å². The molecule has 0 unspecified atom stereocenters. The van der Waals surface area contributed by atoms with Crippen molar-refractivity contribution in [2.75, 3.05) is 5.32 Å². The lowest BCUT2D eigenvalue weighted by molar-refractivity contribution is 1.05. The highest BCUT2D eigenvalue weighted by Gasteiger charge is 2.21. The van der Waals surface area contributed by atoms with E-state index in [0.717, 1.165) is 11.5 Å². The van der Waals surface area contributed by atoms with Crippen LogP contribution in [0.3, 0.4) is 0 Å². The highest BCUT2D eigenvalue weighted by molar-refractivity contribution is 5.62. The van der Waals surface area contributed by atoms with E-state index in [1.165, 1.54) is 18.4 Å². The lowest BCUT2D eigenvalue weighted by Gasteiger charge is -1.96. The number of aromatic nitrogens is 2. The summed E-state index contributed by atoms with van der Waals surface area (Å²) >= 11 is 0. The van der Waals surface area contributed by atoms with Crippen LogP contribution in [0.1, 0.15) is 12.8 Å². The van der Waals surface area contributed by atoms with Gasteiger partial charge in [0.25, 0.3) is 0 Å². The molecule has 2 N–H and O–H groups in total. The lowest BCUT2D eigenvalue weighted by atomic mass is 10.2. The van der Waals surface area contributed by atoms with Gasteiger partial charge < -0.3 is 5.32 Å². The molecule has 1 aromatic heterocycles. The molecule has 1 heterocycles. The summed E-state index contributed by atoms with van der Waals surface area (Å²) in [5.41, 5.74) is 2.24. The zero-order valence-electron chi connectivity index (χ0n) is 8.40. The van der Waals surface area contributed by atoms with Crippen LogP contribution in [0.25, 0.3) is 11.3 Å². The molecule has 1 aliphatic rings. The zero-order chi connectivity index (χ0) is 10.1. The van der Waals surface area contributed by atoms with E-state index < -0.39 is 0 Å². The van der Waals surface area contributed by atoms with E-state index in [4.69, 9.17) is 0 Å². The Kier molecular flexibility index (Phi) is 1.95. The van der Waals surface area contributed by atoms with Crippen molar-refractivity contribution in [3.8, 4) is 11.3 Å². The van der Waals surface area contributed by atoms with E-state index >= 15 is 0 Å². The SMILES string of the molecule is c1ccc(-c2cc(NC3CC3)n[nH]2)cc1. The van der Waals surface area contributed by atoms with Gasteiger partial charge in [-0.1, -0.05) is 30.3 Å². The molecule has 1 fully saturated rings. The van der Waals surface area contributed by atoms with Crippen molar-refractivity contribution < 1.29 is 0 Å². The fourth-order valence-electron chi connectivity index (χ4n) is 1.60. The monoisotopic (exact) mass is 199 g/mol. The average molecular weight is 199 g/mol. The van der Waals surface area contributed by atoms with Crippen molar-refractivity contribution in [3.63, 3.8) is 0 Å². The number of aromatic amines is 1. The molecule has 3 heteroatoms. The molecule has 0 atom stereocenters. The van der Waals surface area contributed by atoms with Crippen molar-refractivity contribution in [2.24, 2.45) is 0 Å². The Morgan fingerprint density at radius 2 is 2.00 bits per heavy atom. The summed E-state index contributed by atoms with van der Waals surface area (Å²) in [5.74, 6) is 0.955. The summed E-state index contributed by atoms with van der Waals surface area (Å²) in [7, 11) is 0. The number of rotatable bonds is 3. The minimum Gasteiger partial charge on any atom is -0.366 e. The fourth-order valence-corrected chi connectivity index (χ4v) is 1.60. The molecule has 0 amide bonds. The number of nitrogens with one attached hydrogen (secondary N) is 2. The first-order chi connectivity index (χ1) is 7.42. The van der Waals surface area contributed by atoms with Gasteiger partial charge in [-0.15, -0.1) is 0 Å². The summed E-state index contributed by atoms with van der Waals surface area (Å²) in [6.07, 6.45) is 2.54. The molecule has 0 aliphatic heterocycles. The minimum atomic E-state index is 0.650. The molecule has 1 saturated carbocycles. The number of H-pyrrole nitrogens is 1. The highest BCUT2D eigenvalue weighted by Crippen LogP contribution is 2.25. The van der Waals surface area contributed by atoms with Crippen LogP contribution in [-0.4, -0.2) is 16.2 Å². The second-order valence-corrected chi connectivity index (χ2v) is 3.95. The standard InChI is InChI=1S/C12H13N3/c1-2-4-9(5-3-1)11-8-12(15-14-11)13-10-6-7-10/h1-5,8,10H,6-7H2,(H2,13,14,15). The van der Waals surface area contributed by atoms with Gasteiger partial charge in [-0.3, -0.25) is 5.10 Å². The van der Waals surface area contributed by atoms with Gasteiger partial charge in [-0.2, -0.15) is 5.10 Å². The Hall–Kier alpha value is -1.77. The molecule has 1 aliphatic carbocycles. The Morgan fingerprint density at radius 1 is 1.20 bits per heavy atom. The van der Waals surface area contributed by atoms with Gasteiger partial charge in [0.1, 0.15) is 5.82 Å². The normalized spacial score (nSPS) is 15.2. The fraction of sp³-hybridized carbons (Fsp3) is 0.250. The van der Waals surface area contributed by atoms with E-state index in [0.29, 0.717) is 6.04 Å². The maximum atomic E-state index is 4.24. The zero-order valence-corrected chi connectivity index (χ0v) is 8.40. The topological polar surface area (TPSA) is 40.7 Å². The summed E-state index contributed by atoms with van der Waals surface area (Å²) < 4.78 is 0. The van der Waals surface area contributed by atoms with Crippen LogP contribution >= 0.6 is 0 Å². The first-order valence-electron chi connectivity index (χ1n) is 5.29. The van der Waals surface area contributed by atoms with Gasteiger partial charge in [0.05, 0.1) is 5.69 Å². The largest absolute Gasteiger partial charge is 0.366 e. The summed E-state index contributed by atoms with van der Waals surface area (Å²) in [4.78, 5) is 0. The van der Waals surface area contributed by atoms with Crippen molar-refractivity contribution in [2.45, 2.75) is 18.9 Å². The van der Waals surface area contributed by atoms with Crippen molar-refractivity contribution >= 4 is 5.82 Å². The van der Waals surface area contributed by atoms with Crippen LogP contribution in [0.15, 0.2) is 36.4 Å². The van der Waals surface area contributed by atoms with Gasteiger partial charge in [-0.05, 0) is 18.4 Å². The Balaban J connectivity index is 1.83. The Labute approximate surface area is 88.5 Å². The van der Waals surface area contributed by atoms with E-state index in [9.17, 15) is 0 Å². The predicted octanol–water partition coefficient (Wildman–Crippen LogP) is 2.65. The van der Waals surface area contributed by atoms with Crippen LogP contribution < -0.4 is 5.32 Å². The van der Waals surface area contributed by atoms with Crippen LogP contribution in [0, 0.1) is 0 Å². The molecule has 2 aromatic rings. The Bertz CT molecular complexity index is 443. The molecular weight excluding hydrogens is 186 g/mol. The minimum absolute atomic E-state index is 0.650. The van der Waals surface area contributed by atoms with Crippen LogP contribution in [0.2, 0.25) is 0 Å². The molecule has 1 aromatic carbocycles. The second kappa shape index (κ2) is 3.42. The van der Waals surface area contributed by atoms with Crippen molar-refractivity contribution in [3.05, 3.63) is 36.4 Å². The number of benzene rings is 1. The third kappa shape index (κ3) is 1.86. The first kappa shape index (κ1) is 8.53. The van der Waals surface area contributed by atoms with E-state index in [-0.39, 0.29) is 0 Å². The van der Waals surface area contributed by atoms with Crippen LogP contribution in [-0.2, 0) is 0 Å². The van der Waals surface area contributed by atoms with Crippen LogP contribution in [0.5, 0.6) is 0 Å². The van der Waals surface area contributed by atoms with E-state index in [2.05, 4.69) is 33.7 Å². The maximum absolute atomic E-state index is 4.24. The number of nitrogens with zero attached hydrogens (tertiary/aromatic N) is 1. The highest BCUT2D eigenvalue weighted by atomic mass is 15.2. The summed E-state index contributed by atoms with van der Waals surface area (Å²) in [6.45, 7) is 0. The van der Waals surface area contributed by atoms with Gasteiger partial charge in [-0.25, -0.2) is 0 Å². The second-order valence-electron chi connectivity index (χ2n) is 3.95. The predicted molar refractivity (Wildman–Crippen MR) is 60.7 cm³/mol. The maximum Gasteiger partial charge on any atom is 0.148 e. The summed E-state index contributed by atoms with van der Waals surface area (Å²) in [5, 5.41) is 10.6. The molecule has 0 saturated heterocycles. The quantitative estimate of drug-likeness (QED) is 0.797. The molecule has 0 spiro atoms. The number of hydrogen-bond donors (Lipinski definition) is 2. The molecule has 76 valence electrons. The van der Waals surface area contributed by atoms with Gasteiger partial charge in [0.2, 0.25) is 0 Å². The number of hydrogen-bond acceptors (Lipinski definition) is 2. The molecule has 15 heavy (non-hydrogen) atoms.